The first-order valence-electron chi connectivity index (χ1n) is 18.7. The fraction of sp³-hybridized carbons (Fsp3) is 0. The Hall–Kier alpha value is -7.36. The first-order valence-corrected chi connectivity index (χ1v) is 18.7. The molecule has 0 spiro atoms. The van der Waals surface area contributed by atoms with E-state index in [1.165, 1.54) is 16.5 Å². The molecule has 2 aromatic heterocycles. The Labute approximate surface area is 317 Å². The molecule has 0 radical (unpaired) electrons. The van der Waals surface area contributed by atoms with Crippen molar-refractivity contribution in [1.82, 2.24) is 0 Å². The van der Waals surface area contributed by atoms with E-state index in [9.17, 15) is 0 Å². The van der Waals surface area contributed by atoms with Gasteiger partial charge in [-0.2, -0.15) is 0 Å². The molecule has 11 aromatic rings. The van der Waals surface area contributed by atoms with Crippen LogP contribution in [0.5, 0.6) is 0 Å². The van der Waals surface area contributed by atoms with E-state index in [1.54, 1.807) is 0 Å². The van der Waals surface area contributed by atoms with Crippen LogP contribution in [0.1, 0.15) is 0 Å². The molecule has 0 fully saturated rings. The van der Waals surface area contributed by atoms with Crippen LogP contribution in [0.3, 0.4) is 0 Å². The van der Waals surface area contributed by atoms with Crippen LogP contribution in [-0.4, -0.2) is 0 Å². The maximum atomic E-state index is 6.53. The minimum atomic E-state index is 0.890. The van der Waals surface area contributed by atoms with Crippen molar-refractivity contribution in [1.29, 1.82) is 0 Å². The molecule has 0 saturated carbocycles. The highest BCUT2D eigenvalue weighted by atomic mass is 16.3. The van der Waals surface area contributed by atoms with Gasteiger partial charge in [0, 0.05) is 44.0 Å². The lowest BCUT2D eigenvalue weighted by molar-refractivity contribution is 0.669. The number of nitrogens with zero attached hydrogens (tertiary/aromatic N) is 1. The van der Waals surface area contributed by atoms with E-state index in [-0.39, 0.29) is 0 Å². The summed E-state index contributed by atoms with van der Waals surface area (Å²) in [6.07, 6.45) is 0. The molecule has 3 heteroatoms. The van der Waals surface area contributed by atoms with Crippen molar-refractivity contribution >= 4 is 71.7 Å². The van der Waals surface area contributed by atoms with Gasteiger partial charge in [0.15, 0.2) is 0 Å². The van der Waals surface area contributed by atoms with Crippen molar-refractivity contribution in [3.63, 3.8) is 0 Å². The molecule has 0 saturated heterocycles. The SMILES string of the molecule is c1ccc(-c2ccc(N(c3ccc(-c4cccc5oc6c7ccccc7ccc6c45)cc3)c3cccc(-c4cccc5oc6ccccc6c45)c3)cc2)cc1. The van der Waals surface area contributed by atoms with E-state index in [0.29, 0.717) is 0 Å². The molecule has 11 rings (SSSR count). The zero-order chi connectivity index (χ0) is 36.3. The standard InChI is InChI=1S/C52H33NO2/c1-2-11-34(12-3-1)35-23-28-39(29-24-35)53(41-15-8-14-38(33-41)43-19-10-21-48-50(43)45-17-6-7-20-47(45)54-48)40-30-25-37(26-31-40)42-18-9-22-49-51(42)46-32-27-36-13-4-5-16-44(36)52(46)55-49/h1-33H. The van der Waals surface area contributed by atoms with Gasteiger partial charge in [0.1, 0.15) is 22.3 Å². The lowest BCUT2D eigenvalue weighted by atomic mass is 9.97. The van der Waals surface area contributed by atoms with E-state index in [4.69, 9.17) is 8.83 Å². The smallest absolute Gasteiger partial charge is 0.143 e. The van der Waals surface area contributed by atoms with E-state index in [2.05, 4.69) is 193 Å². The van der Waals surface area contributed by atoms with Crippen molar-refractivity contribution < 1.29 is 8.83 Å². The summed E-state index contributed by atoms with van der Waals surface area (Å²) >= 11 is 0. The Morgan fingerprint density at radius 2 is 0.873 bits per heavy atom. The number of hydrogen-bond donors (Lipinski definition) is 0. The Morgan fingerprint density at radius 1 is 0.309 bits per heavy atom. The van der Waals surface area contributed by atoms with Gasteiger partial charge in [-0.15, -0.1) is 0 Å². The van der Waals surface area contributed by atoms with Crippen LogP contribution in [0.25, 0.3) is 88.0 Å². The van der Waals surface area contributed by atoms with Gasteiger partial charge in [-0.05, 0) is 99.4 Å². The summed E-state index contributed by atoms with van der Waals surface area (Å²) in [5.74, 6) is 0. The predicted octanol–water partition coefficient (Wildman–Crippen LogP) is 15.1. The zero-order valence-corrected chi connectivity index (χ0v) is 29.8. The Morgan fingerprint density at radius 3 is 1.65 bits per heavy atom. The summed E-state index contributed by atoms with van der Waals surface area (Å²) < 4.78 is 12.8. The highest BCUT2D eigenvalue weighted by Gasteiger charge is 2.18. The second-order valence-electron chi connectivity index (χ2n) is 14.1. The average Bonchev–Trinajstić information content (AvgIpc) is 3.84. The molecule has 0 aliphatic heterocycles. The Kier molecular flexibility index (Phi) is 7.17. The molecule has 0 aliphatic carbocycles. The van der Waals surface area contributed by atoms with E-state index < -0.39 is 0 Å². The number of furan rings is 2. The zero-order valence-electron chi connectivity index (χ0n) is 29.8. The number of anilines is 3. The summed E-state index contributed by atoms with van der Waals surface area (Å²) in [5.41, 5.74) is 13.8. The van der Waals surface area contributed by atoms with Gasteiger partial charge in [-0.25, -0.2) is 0 Å². The van der Waals surface area contributed by atoms with Crippen LogP contribution < -0.4 is 4.90 Å². The van der Waals surface area contributed by atoms with Crippen molar-refractivity contribution in [2.24, 2.45) is 0 Å². The molecule has 258 valence electrons. The van der Waals surface area contributed by atoms with Gasteiger partial charge in [-0.1, -0.05) is 140 Å². The van der Waals surface area contributed by atoms with Crippen LogP contribution in [0.2, 0.25) is 0 Å². The van der Waals surface area contributed by atoms with Crippen molar-refractivity contribution in [3.8, 4) is 33.4 Å². The predicted molar refractivity (Wildman–Crippen MR) is 229 cm³/mol. The van der Waals surface area contributed by atoms with Crippen molar-refractivity contribution in [2.45, 2.75) is 0 Å². The molecule has 0 N–H and O–H groups in total. The monoisotopic (exact) mass is 703 g/mol. The lowest BCUT2D eigenvalue weighted by Gasteiger charge is -2.26. The van der Waals surface area contributed by atoms with Crippen LogP contribution in [0.4, 0.5) is 17.1 Å². The topological polar surface area (TPSA) is 29.5 Å². The van der Waals surface area contributed by atoms with Crippen LogP contribution >= 0.6 is 0 Å². The molecule has 9 aromatic carbocycles. The lowest BCUT2D eigenvalue weighted by Crippen LogP contribution is -2.10. The summed E-state index contributed by atoms with van der Waals surface area (Å²) in [6, 6.07) is 70.9. The molecule has 0 aliphatic rings. The van der Waals surface area contributed by atoms with E-state index >= 15 is 0 Å². The van der Waals surface area contributed by atoms with Crippen molar-refractivity contribution in [3.05, 3.63) is 200 Å². The highest BCUT2D eigenvalue weighted by molar-refractivity contribution is 6.19. The Bertz CT molecular complexity index is 3190. The summed E-state index contributed by atoms with van der Waals surface area (Å²) in [7, 11) is 0. The minimum absolute atomic E-state index is 0.890. The van der Waals surface area contributed by atoms with Gasteiger partial charge in [0.25, 0.3) is 0 Å². The average molecular weight is 704 g/mol. The maximum absolute atomic E-state index is 6.53. The third kappa shape index (κ3) is 5.20. The molecule has 2 heterocycles. The molecular weight excluding hydrogens is 671 g/mol. The molecule has 55 heavy (non-hydrogen) atoms. The first-order chi connectivity index (χ1) is 27.3. The highest BCUT2D eigenvalue weighted by Crippen LogP contribution is 2.43. The third-order valence-corrected chi connectivity index (χ3v) is 10.9. The van der Waals surface area contributed by atoms with Gasteiger partial charge >= 0.3 is 0 Å². The molecule has 0 bridgehead atoms. The fourth-order valence-electron chi connectivity index (χ4n) is 8.29. The second-order valence-corrected chi connectivity index (χ2v) is 14.1. The van der Waals surface area contributed by atoms with Gasteiger partial charge in [0.2, 0.25) is 0 Å². The van der Waals surface area contributed by atoms with Gasteiger partial charge in [0.05, 0.1) is 0 Å². The third-order valence-electron chi connectivity index (χ3n) is 10.9. The van der Waals surface area contributed by atoms with Gasteiger partial charge in [-0.3, -0.25) is 0 Å². The number of hydrogen-bond acceptors (Lipinski definition) is 3. The molecule has 0 atom stereocenters. The maximum Gasteiger partial charge on any atom is 0.143 e. The fourth-order valence-corrected chi connectivity index (χ4v) is 8.29. The second kappa shape index (κ2) is 12.6. The largest absolute Gasteiger partial charge is 0.456 e. The molecule has 0 unspecified atom stereocenters. The summed E-state index contributed by atoms with van der Waals surface area (Å²) in [6.45, 7) is 0. The number of rotatable bonds is 6. The minimum Gasteiger partial charge on any atom is -0.456 e. The van der Waals surface area contributed by atoms with Crippen molar-refractivity contribution in [2.75, 3.05) is 4.90 Å². The van der Waals surface area contributed by atoms with E-state index in [0.717, 1.165) is 88.6 Å². The first kappa shape index (κ1) is 31.2. The summed E-state index contributed by atoms with van der Waals surface area (Å²) in [4.78, 5) is 2.34. The molecule has 3 nitrogen and oxygen atoms in total. The molecular formula is C52H33NO2. The number of benzene rings is 9. The normalized spacial score (nSPS) is 11.6. The number of para-hydroxylation sites is 1. The quantitative estimate of drug-likeness (QED) is 0.173. The Balaban J connectivity index is 1.04. The van der Waals surface area contributed by atoms with Crippen LogP contribution in [-0.2, 0) is 0 Å². The molecule has 0 amide bonds. The van der Waals surface area contributed by atoms with Gasteiger partial charge < -0.3 is 13.7 Å². The van der Waals surface area contributed by atoms with Crippen LogP contribution in [0.15, 0.2) is 209 Å². The van der Waals surface area contributed by atoms with E-state index in [1.807, 2.05) is 12.1 Å². The summed E-state index contributed by atoms with van der Waals surface area (Å²) in [5, 5.41) is 6.83. The van der Waals surface area contributed by atoms with Crippen LogP contribution in [0, 0.1) is 0 Å². The number of fused-ring (bicyclic) bond motifs is 8.